The van der Waals surface area contributed by atoms with E-state index in [1.807, 2.05) is 11.8 Å². The fraction of sp³-hybridized carbons (Fsp3) is 0.500. The van der Waals surface area contributed by atoms with Gasteiger partial charge in [0.25, 0.3) is 5.69 Å². The van der Waals surface area contributed by atoms with Gasteiger partial charge in [-0.2, -0.15) is 0 Å². The zero-order valence-electron chi connectivity index (χ0n) is 11.5. The molecule has 6 heteroatoms. The largest absolute Gasteiger partial charge is 0.341 e. The van der Waals surface area contributed by atoms with Crippen LogP contribution in [0.4, 0.5) is 5.69 Å². The second-order valence-corrected chi connectivity index (χ2v) is 5.15. The number of carbonyl (C=O) groups is 1. The molecule has 6 nitrogen and oxygen atoms in total. The van der Waals surface area contributed by atoms with Crippen molar-refractivity contribution in [3.05, 3.63) is 39.9 Å². The normalized spacial score (nSPS) is 16.4. The minimum atomic E-state index is -0.404. The Balaban J connectivity index is 1.79. The number of carbonyl (C=O) groups excluding carboxylic acids is 1. The summed E-state index contributed by atoms with van der Waals surface area (Å²) in [5.41, 5.74) is 1.10. The van der Waals surface area contributed by atoms with Crippen LogP contribution < -0.4 is 5.32 Å². The predicted octanol–water partition coefficient (Wildman–Crippen LogP) is 1.70. The van der Waals surface area contributed by atoms with Crippen molar-refractivity contribution in [1.82, 2.24) is 10.2 Å². The number of nitro benzene ring substituents is 1. The van der Waals surface area contributed by atoms with E-state index in [2.05, 4.69) is 5.32 Å². The van der Waals surface area contributed by atoms with E-state index in [1.165, 1.54) is 12.1 Å². The summed E-state index contributed by atoms with van der Waals surface area (Å²) in [7, 11) is 0. The molecule has 1 amide bonds. The molecule has 1 unspecified atom stereocenters. The highest BCUT2D eigenvalue weighted by atomic mass is 16.6. The number of amides is 1. The molecule has 108 valence electrons. The van der Waals surface area contributed by atoms with Gasteiger partial charge in [-0.15, -0.1) is 0 Å². The summed E-state index contributed by atoms with van der Waals surface area (Å²) >= 11 is 0. The van der Waals surface area contributed by atoms with Crippen LogP contribution in [-0.2, 0) is 11.3 Å². The third-order valence-corrected chi connectivity index (χ3v) is 3.47. The van der Waals surface area contributed by atoms with E-state index >= 15 is 0 Å². The molecule has 0 radical (unpaired) electrons. The average Bonchev–Trinajstić information content (AvgIpc) is 2.82. The molecule has 1 aromatic rings. The summed E-state index contributed by atoms with van der Waals surface area (Å²) < 4.78 is 0. The minimum absolute atomic E-state index is 0.101. The summed E-state index contributed by atoms with van der Waals surface area (Å²) in [6, 6.07) is 6.71. The Labute approximate surface area is 117 Å². The monoisotopic (exact) mass is 277 g/mol. The Morgan fingerprint density at radius 2 is 2.10 bits per heavy atom. The van der Waals surface area contributed by atoms with Gasteiger partial charge in [0.05, 0.1) is 4.92 Å². The van der Waals surface area contributed by atoms with Crippen molar-refractivity contribution >= 4 is 11.6 Å². The Morgan fingerprint density at radius 3 is 2.65 bits per heavy atom. The van der Waals surface area contributed by atoms with Crippen LogP contribution in [0.3, 0.4) is 0 Å². The lowest BCUT2D eigenvalue weighted by molar-refractivity contribution is -0.384. The van der Waals surface area contributed by atoms with Crippen molar-refractivity contribution < 1.29 is 9.72 Å². The van der Waals surface area contributed by atoms with Gasteiger partial charge < -0.3 is 10.2 Å². The lowest BCUT2D eigenvalue weighted by atomic mass is 10.2. The van der Waals surface area contributed by atoms with Gasteiger partial charge in [0, 0.05) is 44.2 Å². The van der Waals surface area contributed by atoms with Crippen LogP contribution in [0.5, 0.6) is 0 Å². The third-order valence-electron chi connectivity index (χ3n) is 3.47. The molecule has 1 saturated heterocycles. The summed E-state index contributed by atoms with van der Waals surface area (Å²) in [6.45, 7) is 4.24. The van der Waals surface area contributed by atoms with Gasteiger partial charge in [-0.25, -0.2) is 0 Å². The number of nitrogens with one attached hydrogen (secondary N) is 1. The van der Waals surface area contributed by atoms with Crippen LogP contribution in [0.2, 0.25) is 0 Å². The molecular formula is C14H19N3O3. The van der Waals surface area contributed by atoms with Crippen molar-refractivity contribution in [3.63, 3.8) is 0 Å². The van der Waals surface area contributed by atoms with Crippen LogP contribution in [0.1, 0.15) is 25.3 Å². The number of likely N-dealkylation sites (tertiary alicyclic amines) is 1. The molecule has 1 aliphatic heterocycles. The van der Waals surface area contributed by atoms with Crippen molar-refractivity contribution in [2.75, 3.05) is 13.1 Å². The van der Waals surface area contributed by atoms with Crippen LogP contribution >= 0.6 is 0 Å². The van der Waals surface area contributed by atoms with E-state index in [-0.39, 0.29) is 17.6 Å². The quantitative estimate of drug-likeness (QED) is 0.634. The SMILES string of the molecule is CC(CN1CCCC1=O)NCc1ccc([N+](=O)[O-])cc1. The lowest BCUT2D eigenvalue weighted by Gasteiger charge is -2.21. The molecule has 1 atom stereocenters. The zero-order chi connectivity index (χ0) is 14.5. The van der Waals surface area contributed by atoms with Gasteiger partial charge in [-0.3, -0.25) is 14.9 Å². The molecular weight excluding hydrogens is 258 g/mol. The van der Waals surface area contributed by atoms with E-state index in [0.29, 0.717) is 19.5 Å². The maximum Gasteiger partial charge on any atom is 0.269 e. The molecule has 0 saturated carbocycles. The molecule has 0 spiro atoms. The standard InChI is InChI=1S/C14H19N3O3/c1-11(10-16-8-2-3-14(16)18)15-9-12-4-6-13(7-5-12)17(19)20/h4-7,11,15H,2-3,8-10H2,1H3. The molecule has 20 heavy (non-hydrogen) atoms. The van der Waals surface area contributed by atoms with Crippen LogP contribution in [0.15, 0.2) is 24.3 Å². The van der Waals surface area contributed by atoms with E-state index in [9.17, 15) is 14.9 Å². The van der Waals surface area contributed by atoms with Gasteiger partial charge in [0.15, 0.2) is 0 Å². The fourth-order valence-electron chi connectivity index (χ4n) is 2.32. The topological polar surface area (TPSA) is 75.5 Å². The maximum atomic E-state index is 11.5. The second-order valence-electron chi connectivity index (χ2n) is 5.15. The third kappa shape index (κ3) is 3.77. The fourth-order valence-corrected chi connectivity index (χ4v) is 2.32. The Hall–Kier alpha value is -1.95. The Morgan fingerprint density at radius 1 is 1.40 bits per heavy atom. The van der Waals surface area contributed by atoms with Gasteiger partial charge in [-0.1, -0.05) is 12.1 Å². The molecule has 0 bridgehead atoms. The summed E-state index contributed by atoms with van der Waals surface area (Å²) in [5.74, 6) is 0.231. The molecule has 1 N–H and O–H groups in total. The minimum Gasteiger partial charge on any atom is -0.341 e. The van der Waals surface area contributed by atoms with Gasteiger partial charge >= 0.3 is 0 Å². The number of hydrogen-bond donors (Lipinski definition) is 1. The molecule has 1 aromatic carbocycles. The molecule has 0 aliphatic carbocycles. The van der Waals surface area contributed by atoms with Crippen molar-refractivity contribution in [3.8, 4) is 0 Å². The summed E-state index contributed by atoms with van der Waals surface area (Å²) in [6.07, 6.45) is 1.61. The maximum absolute atomic E-state index is 11.5. The van der Waals surface area contributed by atoms with Crippen molar-refractivity contribution in [2.24, 2.45) is 0 Å². The first-order chi connectivity index (χ1) is 9.56. The van der Waals surface area contributed by atoms with Crippen LogP contribution in [0.25, 0.3) is 0 Å². The highest BCUT2D eigenvalue weighted by molar-refractivity contribution is 5.78. The smallest absolute Gasteiger partial charge is 0.269 e. The molecule has 1 aliphatic rings. The first kappa shape index (κ1) is 14.5. The number of non-ortho nitro benzene ring substituents is 1. The molecule has 0 aromatic heterocycles. The lowest BCUT2D eigenvalue weighted by Crippen LogP contribution is -2.39. The van der Waals surface area contributed by atoms with Gasteiger partial charge in [0.1, 0.15) is 0 Å². The van der Waals surface area contributed by atoms with Crippen molar-refractivity contribution in [1.29, 1.82) is 0 Å². The van der Waals surface area contributed by atoms with Crippen LogP contribution in [0, 0.1) is 10.1 Å². The average molecular weight is 277 g/mol. The zero-order valence-corrected chi connectivity index (χ0v) is 11.5. The van der Waals surface area contributed by atoms with Gasteiger partial charge in [-0.05, 0) is 18.9 Å². The van der Waals surface area contributed by atoms with E-state index < -0.39 is 4.92 Å². The summed E-state index contributed by atoms with van der Waals surface area (Å²) in [4.78, 5) is 23.6. The van der Waals surface area contributed by atoms with E-state index in [1.54, 1.807) is 12.1 Å². The highest BCUT2D eigenvalue weighted by Crippen LogP contribution is 2.12. The first-order valence-corrected chi connectivity index (χ1v) is 6.81. The van der Waals surface area contributed by atoms with E-state index in [4.69, 9.17) is 0 Å². The second kappa shape index (κ2) is 6.47. The number of benzene rings is 1. The highest BCUT2D eigenvalue weighted by Gasteiger charge is 2.21. The Bertz CT molecular complexity index is 487. The molecule has 1 heterocycles. The number of nitro groups is 1. The first-order valence-electron chi connectivity index (χ1n) is 6.81. The van der Waals surface area contributed by atoms with Crippen LogP contribution in [-0.4, -0.2) is 34.9 Å². The predicted molar refractivity (Wildman–Crippen MR) is 75.2 cm³/mol. The molecule has 1 fully saturated rings. The van der Waals surface area contributed by atoms with E-state index in [0.717, 1.165) is 18.5 Å². The van der Waals surface area contributed by atoms with Gasteiger partial charge in [0.2, 0.25) is 5.91 Å². The number of nitrogens with zero attached hydrogens (tertiary/aromatic N) is 2. The number of rotatable bonds is 6. The Kier molecular flexibility index (Phi) is 4.68. The molecule has 2 rings (SSSR count). The van der Waals surface area contributed by atoms with Crippen molar-refractivity contribution in [2.45, 2.75) is 32.4 Å². The summed E-state index contributed by atoms with van der Waals surface area (Å²) in [5, 5.41) is 13.9. The number of hydrogen-bond acceptors (Lipinski definition) is 4.